The minimum atomic E-state index is -0.483. The summed E-state index contributed by atoms with van der Waals surface area (Å²) in [7, 11) is 1.60. The number of aromatic amines is 1. The first-order valence-electron chi connectivity index (χ1n) is 10.0. The number of halogens is 1. The number of benzene rings is 2. The number of carbonyl (C=O) groups is 2. The molecule has 32 heavy (non-hydrogen) atoms. The summed E-state index contributed by atoms with van der Waals surface area (Å²) in [5.41, 5.74) is 3.50. The van der Waals surface area contributed by atoms with Crippen LogP contribution >= 0.6 is 0 Å². The van der Waals surface area contributed by atoms with Crippen LogP contribution in [0.4, 0.5) is 10.1 Å². The number of hydrogen-bond donors (Lipinski definition) is 2. The van der Waals surface area contributed by atoms with E-state index < -0.39 is 5.92 Å². The molecule has 1 aliphatic heterocycles. The molecule has 2 N–H and O–H groups in total. The number of H-pyrrole nitrogens is 1. The van der Waals surface area contributed by atoms with Gasteiger partial charge in [-0.2, -0.15) is 5.10 Å². The number of aromatic nitrogens is 2. The maximum atomic E-state index is 13.4. The van der Waals surface area contributed by atoms with Crippen LogP contribution in [-0.2, 0) is 9.59 Å². The SMILES string of the molecule is Cc1ccc(-c2ccc(=O)[nH]n2)cc1NC(=O)C1=CN(C)C(=O)CC1c1ccc(F)cc1. The smallest absolute Gasteiger partial charge is 0.264 e. The van der Waals surface area contributed by atoms with Crippen molar-refractivity contribution in [2.75, 3.05) is 12.4 Å². The van der Waals surface area contributed by atoms with E-state index in [1.54, 1.807) is 31.3 Å². The van der Waals surface area contributed by atoms with Gasteiger partial charge in [0.05, 0.1) is 5.69 Å². The standard InChI is InChI=1S/C24H21FN4O3/c1-14-3-4-16(20-9-10-22(30)28-27-20)11-21(14)26-24(32)19-13-29(2)23(31)12-18(19)15-5-7-17(25)8-6-15/h3-11,13,18H,12H2,1-2H3,(H,26,32)(H,28,30). The second-order valence-corrected chi connectivity index (χ2v) is 7.69. The Morgan fingerprint density at radius 1 is 1.12 bits per heavy atom. The van der Waals surface area contributed by atoms with Crippen LogP contribution in [0.5, 0.6) is 0 Å². The van der Waals surface area contributed by atoms with E-state index in [-0.39, 0.29) is 29.6 Å². The number of aryl methyl sites for hydroxylation is 1. The van der Waals surface area contributed by atoms with E-state index in [1.807, 2.05) is 19.1 Å². The average Bonchev–Trinajstić information content (AvgIpc) is 2.78. The van der Waals surface area contributed by atoms with Gasteiger partial charge < -0.3 is 10.2 Å². The molecule has 1 atom stereocenters. The van der Waals surface area contributed by atoms with Crippen LogP contribution in [0.2, 0.25) is 0 Å². The van der Waals surface area contributed by atoms with Crippen LogP contribution in [-0.4, -0.2) is 34.0 Å². The predicted octanol–water partition coefficient (Wildman–Crippen LogP) is 3.35. The molecule has 4 rings (SSSR count). The van der Waals surface area contributed by atoms with E-state index in [1.165, 1.54) is 29.3 Å². The highest BCUT2D eigenvalue weighted by Gasteiger charge is 2.31. The van der Waals surface area contributed by atoms with Crippen molar-refractivity contribution >= 4 is 17.5 Å². The minimum absolute atomic E-state index is 0.113. The molecule has 3 aromatic rings. The van der Waals surface area contributed by atoms with E-state index in [2.05, 4.69) is 15.5 Å². The fraction of sp³-hybridized carbons (Fsp3) is 0.167. The normalized spacial score (nSPS) is 16.0. The minimum Gasteiger partial charge on any atom is -0.322 e. The first-order valence-corrected chi connectivity index (χ1v) is 10.0. The average molecular weight is 432 g/mol. The van der Waals surface area contributed by atoms with Crippen LogP contribution in [0.3, 0.4) is 0 Å². The molecule has 2 heterocycles. The summed E-state index contributed by atoms with van der Waals surface area (Å²) in [6.45, 7) is 1.86. The van der Waals surface area contributed by atoms with Crippen LogP contribution in [0, 0.1) is 12.7 Å². The van der Waals surface area contributed by atoms with Gasteiger partial charge in [-0.15, -0.1) is 0 Å². The number of hydrogen-bond acceptors (Lipinski definition) is 4. The molecule has 0 bridgehead atoms. The van der Waals surface area contributed by atoms with Crippen molar-refractivity contribution in [2.45, 2.75) is 19.3 Å². The molecule has 0 fully saturated rings. The molecular formula is C24H21FN4O3. The molecule has 0 aliphatic carbocycles. The molecule has 0 spiro atoms. The molecule has 8 heteroatoms. The Bertz CT molecular complexity index is 1260. The highest BCUT2D eigenvalue weighted by Crippen LogP contribution is 2.34. The number of amides is 2. The Hall–Kier alpha value is -4.07. The van der Waals surface area contributed by atoms with Gasteiger partial charge in [0.15, 0.2) is 0 Å². The first-order chi connectivity index (χ1) is 15.3. The Morgan fingerprint density at radius 3 is 2.56 bits per heavy atom. The number of rotatable bonds is 4. The van der Waals surface area contributed by atoms with Crippen molar-refractivity contribution in [2.24, 2.45) is 0 Å². The third-order valence-corrected chi connectivity index (χ3v) is 5.48. The molecule has 1 aliphatic rings. The van der Waals surface area contributed by atoms with E-state index >= 15 is 0 Å². The maximum absolute atomic E-state index is 13.4. The quantitative estimate of drug-likeness (QED) is 0.661. The predicted molar refractivity (Wildman–Crippen MR) is 118 cm³/mol. The molecule has 1 aromatic heterocycles. The summed E-state index contributed by atoms with van der Waals surface area (Å²) in [6, 6.07) is 14.3. The van der Waals surface area contributed by atoms with Crippen molar-refractivity contribution in [3.05, 3.63) is 93.7 Å². The van der Waals surface area contributed by atoms with Crippen molar-refractivity contribution in [1.82, 2.24) is 15.1 Å². The lowest BCUT2D eigenvalue weighted by Gasteiger charge is -2.28. The van der Waals surface area contributed by atoms with Gasteiger partial charge >= 0.3 is 0 Å². The number of carbonyl (C=O) groups excluding carboxylic acids is 2. The summed E-state index contributed by atoms with van der Waals surface area (Å²) in [5, 5.41) is 9.35. The fourth-order valence-electron chi connectivity index (χ4n) is 3.62. The summed E-state index contributed by atoms with van der Waals surface area (Å²) < 4.78 is 13.4. The zero-order chi connectivity index (χ0) is 22.8. The Morgan fingerprint density at radius 2 is 1.88 bits per heavy atom. The third-order valence-electron chi connectivity index (χ3n) is 5.48. The molecule has 162 valence electrons. The van der Waals surface area contributed by atoms with Gasteiger partial charge in [0.2, 0.25) is 5.91 Å². The van der Waals surface area contributed by atoms with E-state index in [4.69, 9.17) is 0 Å². The van der Waals surface area contributed by atoms with E-state index in [9.17, 15) is 18.8 Å². The lowest BCUT2D eigenvalue weighted by atomic mass is 9.85. The topological polar surface area (TPSA) is 95.2 Å². The Balaban J connectivity index is 1.65. The van der Waals surface area contributed by atoms with Crippen LogP contribution < -0.4 is 10.9 Å². The molecule has 2 amide bonds. The van der Waals surface area contributed by atoms with Crippen molar-refractivity contribution < 1.29 is 14.0 Å². The molecule has 1 unspecified atom stereocenters. The summed E-state index contributed by atoms with van der Waals surface area (Å²) in [6.07, 6.45) is 1.64. The molecule has 0 saturated heterocycles. The van der Waals surface area contributed by atoms with Gasteiger partial charge in [-0.25, -0.2) is 9.49 Å². The highest BCUT2D eigenvalue weighted by atomic mass is 19.1. The summed E-state index contributed by atoms with van der Waals surface area (Å²) in [4.78, 5) is 38.2. The van der Waals surface area contributed by atoms with Crippen LogP contribution in [0.1, 0.15) is 23.5 Å². The molecule has 7 nitrogen and oxygen atoms in total. The molecular weight excluding hydrogens is 411 g/mol. The summed E-state index contributed by atoms with van der Waals surface area (Å²) >= 11 is 0. The number of nitrogens with zero attached hydrogens (tertiary/aromatic N) is 2. The highest BCUT2D eigenvalue weighted by molar-refractivity contribution is 6.07. The second-order valence-electron chi connectivity index (χ2n) is 7.69. The zero-order valence-corrected chi connectivity index (χ0v) is 17.6. The summed E-state index contributed by atoms with van der Waals surface area (Å²) in [5.74, 6) is -1.35. The largest absolute Gasteiger partial charge is 0.322 e. The van der Waals surface area contributed by atoms with Crippen LogP contribution in [0.15, 0.2) is 71.2 Å². The van der Waals surface area contributed by atoms with E-state index in [0.29, 0.717) is 22.5 Å². The van der Waals surface area contributed by atoms with Gasteiger partial charge in [-0.05, 0) is 42.3 Å². The number of anilines is 1. The van der Waals surface area contributed by atoms with Gasteiger partial charge in [0, 0.05) is 48.5 Å². The van der Waals surface area contributed by atoms with Crippen molar-refractivity contribution in [3.63, 3.8) is 0 Å². The Kier molecular flexibility index (Phi) is 5.68. The lowest BCUT2D eigenvalue weighted by molar-refractivity contribution is -0.128. The monoisotopic (exact) mass is 432 g/mol. The van der Waals surface area contributed by atoms with Gasteiger partial charge in [0.25, 0.3) is 11.5 Å². The Labute approximate surface area is 183 Å². The van der Waals surface area contributed by atoms with Crippen LogP contribution in [0.25, 0.3) is 11.3 Å². The van der Waals surface area contributed by atoms with Gasteiger partial charge in [-0.1, -0.05) is 24.3 Å². The maximum Gasteiger partial charge on any atom is 0.264 e. The van der Waals surface area contributed by atoms with Gasteiger partial charge in [0.1, 0.15) is 5.82 Å². The molecule has 0 saturated carbocycles. The van der Waals surface area contributed by atoms with Crippen molar-refractivity contribution in [1.29, 1.82) is 0 Å². The molecule has 0 radical (unpaired) electrons. The first kappa shape index (κ1) is 21.2. The zero-order valence-electron chi connectivity index (χ0n) is 17.6. The van der Waals surface area contributed by atoms with E-state index in [0.717, 1.165) is 11.1 Å². The third kappa shape index (κ3) is 4.34. The number of nitrogens with one attached hydrogen (secondary N) is 2. The fourth-order valence-corrected chi connectivity index (χ4v) is 3.62. The lowest BCUT2D eigenvalue weighted by Crippen LogP contribution is -2.33. The molecule has 2 aromatic carbocycles. The van der Waals surface area contributed by atoms with Gasteiger partial charge in [-0.3, -0.25) is 14.4 Å². The second kappa shape index (κ2) is 8.58. The van der Waals surface area contributed by atoms with Crippen molar-refractivity contribution in [3.8, 4) is 11.3 Å².